The molecule has 6 heteroatoms. The molecule has 3 aromatic rings. The Morgan fingerprint density at radius 3 is 2.54 bits per heavy atom. The molecular formula is C20H24N6. The van der Waals surface area contributed by atoms with E-state index < -0.39 is 0 Å². The Bertz CT molecular complexity index is 854. The summed E-state index contributed by atoms with van der Waals surface area (Å²) < 4.78 is 1.93. The van der Waals surface area contributed by atoms with Crippen molar-refractivity contribution in [3.05, 3.63) is 83.4 Å². The van der Waals surface area contributed by atoms with Gasteiger partial charge in [0.15, 0.2) is 5.96 Å². The molecule has 0 unspecified atom stereocenters. The summed E-state index contributed by atoms with van der Waals surface area (Å²) in [5.74, 6) is 0.752. The maximum Gasteiger partial charge on any atom is 0.191 e. The van der Waals surface area contributed by atoms with Gasteiger partial charge in [-0.15, -0.1) is 0 Å². The average molecular weight is 348 g/mol. The molecule has 2 heterocycles. The van der Waals surface area contributed by atoms with E-state index in [1.165, 1.54) is 11.1 Å². The summed E-state index contributed by atoms with van der Waals surface area (Å²) in [6.45, 7) is 4.08. The normalized spacial score (nSPS) is 11.4. The first-order valence-corrected chi connectivity index (χ1v) is 8.66. The predicted molar refractivity (Wildman–Crippen MR) is 104 cm³/mol. The second-order valence-corrected chi connectivity index (χ2v) is 6.02. The summed E-state index contributed by atoms with van der Waals surface area (Å²) in [5.41, 5.74) is 4.46. The molecule has 0 bridgehead atoms. The third-order valence-electron chi connectivity index (χ3n) is 4.06. The van der Waals surface area contributed by atoms with Crippen LogP contribution in [0.5, 0.6) is 0 Å². The van der Waals surface area contributed by atoms with E-state index in [0.717, 1.165) is 23.9 Å². The Labute approximate surface area is 154 Å². The third kappa shape index (κ3) is 4.92. The van der Waals surface area contributed by atoms with Crippen molar-refractivity contribution >= 4 is 5.96 Å². The molecule has 6 nitrogen and oxygen atoms in total. The molecule has 0 saturated heterocycles. The van der Waals surface area contributed by atoms with Gasteiger partial charge < -0.3 is 10.6 Å². The quantitative estimate of drug-likeness (QED) is 0.531. The summed E-state index contributed by atoms with van der Waals surface area (Å²) in [7, 11) is 1.77. The van der Waals surface area contributed by atoms with Crippen LogP contribution in [0.3, 0.4) is 0 Å². The molecule has 2 aromatic heterocycles. The fourth-order valence-electron chi connectivity index (χ4n) is 2.72. The Kier molecular flexibility index (Phi) is 5.98. The van der Waals surface area contributed by atoms with Gasteiger partial charge in [0.1, 0.15) is 0 Å². The molecule has 26 heavy (non-hydrogen) atoms. The first-order valence-electron chi connectivity index (χ1n) is 8.66. The topological polar surface area (TPSA) is 67.1 Å². The average Bonchev–Trinajstić information content (AvgIpc) is 3.16. The number of hydrogen-bond acceptors (Lipinski definition) is 3. The standard InChI is InChI=1S/C20H24N6/c1-16-7-5-10-19(25-16)14-23-20(21-2)22-13-17-8-3-4-9-18(17)15-26-12-6-11-24-26/h3-12H,13-15H2,1-2H3,(H2,21,22,23). The fourth-order valence-corrected chi connectivity index (χ4v) is 2.72. The van der Waals surface area contributed by atoms with Gasteiger partial charge in [-0.25, -0.2) is 0 Å². The van der Waals surface area contributed by atoms with Gasteiger partial charge in [-0.05, 0) is 36.2 Å². The van der Waals surface area contributed by atoms with Crippen molar-refractivity contribution in [3.8, 4) is 0 Å². The van der Waals surface area contributed by atoms with Crippen molar-refractivity contribution in [2.24, 2.45) is 4.99 Å². The maximum absolute atomic E-state index is 4.50. The highest BCUT2D eigenvalue weighted by Crippen LogP contribution is 2.10. The van der Waals surface area contributed by atoms with E-state index in [4.69, 9.17) is 0 Å². The lowest BCUT2D eigenvalue weighted by Crippen LogP contribution is -2.36. The van der Waals surface area contributed by atoms with Crippen LogP contribution in [0.25, 0.3) is 0 Å². The lowest BCUT2D eigenvalue weighted by atomic mass is 10.1. The lowest BCUT2D eigenvalue weighted by molar-refractivity contribution is 0.677. The van der Waals surface area contributed by atoms with Crippen LogP contribution in [0.15, 0.2) is 65.9 Å². The minimum atomic E-state index is 0.635. The van der Waals surface area contributed by atoms with Gasteiger partial charge >= 0.3 is 0 Å². The van der Waals surface area contributed by atoms with E-state index in [0.29, 0.717) is 13.1 Å². The van der Waals surface area contributed by atoms with Crippen LogP contribution < -0.4 is 10.6 Å². The molecule has 3 rings (SSSR count). The summed E-state index contributed by atoms with van der Waals surface area (Å²) in [5, 5.41) is 11.0. The number of aromatic nitrogens is 3. The third-order valence-corrected chi connectivity index (χ3v) is 4.06. The summed E-state index contributed by atoms with van der Waals surface area (Å²) in [6.07, 6.45) is 3.77. The number of nitrogens with one attached hydrogen (secondary N) is 2. The van der Waals surface area contributed by atoms with E-state index >= 15 is 0 Å². The molecular weight excluding hydrogens is 324 g/mol. The van der Waals surface area contributed by atoms with E-state index in [2.05, 4.69) is 50.0 Å². The molecule has 2 N–H and O–H groups in total. The summed E-state index contributed by atoms with van der Waals surface area (Å²) in [4.78, 5) is 8.79. The monoisotopic (exact) mass is 348 g/mol. The first kappa shape index (κ1) is 17.7. The second-order valence-electron chi connectivity index (χ2n) is 6.02. The number of aryl methyl sites for hydroxylation is 1. The van der Waals surface area contributed by atoms with Crippen molar-refractivity contribution in [1.29, 1.82) is 0 Å². The number of aliphatic imine (C=N–C) groups is 1. The van der Waals surface area contributed by atoms with E-state index in [9.17, 15) is 0 Å². The molecule has 0 aliphatic rings. The van der Waals surface area contributed by atoms with Gasteiger partial charge in [0.25, 0.3) is 0 Å². The minimum absolute atomic E-state index is 0.635. The molecule has 0 aliphatic carbocycles. The highest BCUT2D eigenvalue weighted by Gasteiger charge is 2.05. The maximum atomic E-state index is 4.50. The molecule has 0 radical (unpaired) electrons. The van der Waals surface area contributed by atoms with Crippen LogP contribution >= 0.6 is 0 Å². The van der Waals surface area contributed by atoms with Gasteiger partial charge in [0.05, 0.1) is 18.8 Å². The van der Waals surface area contributed by atoms with Crippen LogP contribution in [-0.2, 0) is 19.6 Å². The number of pyridine rings is 1. The molecule has 0 atom stereocenters. The second kappa shape index (κ2) is 8.80. The molecule has 0 aliphatic heterocycles. The van der Waals surface area contributed by atoms with Crippen molar-refractivity contribution in [2.75, 3.05) is 7.05 Å². The van der Waals surface area contributed by atoms with Gasteiger partial charge in [-0.3, -0.25) is 14.7 Å². The Morgan fingerprint density at radius 1 is 1.00 bits per heavy atom. The zero-order valence-corrected chi connectivity index (χ0v) is 15.2. The molecule has 0 amide bonds. The highest BCUT2D eigenvalue weighted by molar-refractivity contribution is 5.79. The van der Waals surface area contributed by atoms with Crippen LogP contribution in [0.2, 0.25) is 0 Å². The predicted octanol–water partition coefficient (Wildman–Crippen LogP) is 2.50. The van der Waals surface area contributed by atoms with Crippen molar-refractivity contribution in [1.82, 2.24) is 25.4 Å². The van der Waals surface area contributed by atoms with Gasteiger partial charge in [0.2, 0.25) is 0 Å². The van der Waals surface area contributed by atoms with E-state index in [1.54, 1.807) is 13.2 Å². The van der Waals surface area contributed by atoms with Crippen LogP contribution in [0.1, 0.15) is 22.5 Å². The smallest absolute Gasteiger partial charge is 0.191 e. The lowest BCUT2D eigenvalue weighted by Gasteiger charge is -2.14. The number of nitrogens with zero attached hydrogens (tertiary/aromatic N) is 4. The molecule has 134 valence electrons. The van der Waals surface area contributed by atoms with E-state index in [1.807, 2.05) is 42.1 Å². The SMILES string of the molecule is CN=C(NCc1cccc(C)n1)NCc1ccccc1Cn1cccn1. The Balaban J connectivity index is 1.58. The fraction of sp³-hybridized carbons (Fsp3) is 0.250. The zero-order valence-electron chi connectivity index (χ0n) is 15.2. The molecule has 1 aromatic carbocycles. The summed E-state index contributed by atoms with van der Waals surface area (Å²) >= 11 is 0. The number of hydrogen-bond donors (Lipinski definition) is 2. The largest absolute Gasteiger partial charge is 0.352 e. The molecule has 0 saturated carbocycles. The van der Waals surface area contributed by atoms with Crippen molar-refractivity contribution < 1.29 is 0 Å². The Hall–Kier alpha value is -3.15. The van der Waals surface area contributed by atoms with Gasteiger partial charge in [0, 0.05) is 31.7 Å². The van der Waals surface area contributed by atoms with Crippen LogP contribution in [-0.4, -0.2) is 27.8 Å². The van der Waals surface area contributed by atoms with E-state index in [-0.39, 0.29) is 0 Å². The number of benzene rings is 1. The minimum Gasteiger partial charge on any atom is -0.352 e. The molecule has 0 fully saturated rings. The van der Waals surface area contributed by atoms with Gasteiger partial charge in [-0.1, -0.05) is 30.3 Å². The van der Waals surface area contributed by atoms with Crippen molar-refractivity contribution in [3.63, 3.8) is 0 Å². The number of guanidine groups is 1. The Morgan fingerprint density at radius 2 is 1.81 bits per heavy atom. The first-order chi connectivity index (χ1) is 12.7. The number of rotatable bonds is 6. The van der Waals surface area contributed by atoms with Gasteiger partial charge in [-0.2, -0.15) is 5.10 Å². The van der Waals surface area contributed by atoms with Crippen molar-refractivity contribution in [2.45, 2.75) is 26.6 Å². The van der Waals surface area contributed by atoms with Crippen LogP contribution in [0, 0.1) is 6.92 Å². The molecule has 0 spiro atoms. The highest BCUT2D eigenvalue weighted by atomic mass is 15.3. The zero-order chi connectivity index (χ0) is 18.2. The van der Waals surface area contributed by atoms with Crippen LogP contribution in [0.4, 0.5) is 0 Å². The summed E-state index contributed by atoms with van der Waals surface area (Å²) in [6, 6.07) is 16.3.